The van der Waals surface area contributed by atoms with Crippen LogP contribution in [0.15, 0.2) is 54.7 Å². The molecule has 2 rings (SSSR count). The van der Waals surface area contributed by atoms with Gasteiger partial charge >= 0.3 is 0 Å². The molecule has 2 heteroatoms. The summed E-state index contributed by atoms with van der Waals surface area (Å²) in [6, 6.07) is 17.4. The van der Waals surface area contributed by atoms with Crippen LogP contribution >= 0.6 is 0 Å². The summed E-state index contributed by atoms with van der Waals surface area (Å²) < 4.78 is 0. The molecule has 0 saturated carbocycles. The molecule has 0 spiro atoms. The Labute approximate surface area is 122 Å². The fraction of sp³-hybridized carbons (Fsp3) is 0.389. The topological polar surface area (TPSA) is 24.9 Å². The van der Waals surface area contributed by atoms with Gasteiger partial charge in [0.2, 0.25) is 0 Å². The molecule has 1 N–H and O–H groups in total. The molecule has 106 valence electrons. The van der Waals surface area contributed by atoms with Gasteiger partial charge in [-0.3, -0.25) is 4.98 Å². The molecule has 2 aromatic rings. The molecule has 0 bridgehead atoms. The first-order valence-electron chi connectivity index (χ1n) is 7.55. The van der Waals surface area contributed by atoms with Crippen molar-refractivity contribution in [3.63, 3.8) is 0 Å². The fourth-order valence-electron chi connectivity index (χ4n) is 2.38. The van der Waals surface area contributed by atoms with E-state index in [2.05, 4.69) is 59.7 Å². The van der Waals surface area contributed by atoms with Gasteiger partial charge in [-0.25, -0.2) is 0 Å². The maximum absolute atomic E-state index is 4.44. The lowest BCUT2D eigenvalue weighted by atomic mass is 10.0. The number of rotatable bonds is 8. The Bertz CT molecular complexity index is 467. The van der Waals surface area contributed by atoms with Crippen LogP contribution in [0.1, 0.15) is 31.0 Å². The van der Waals surface area contributed by atoms with Crippen LogP contribution in [-0.4, -0.2) is 17.6 Å². The van der Waals surface area contributed by atoms with E-state index in [0.717, 1.165) is 25.8 Å². The first kappa shape index (κ1) is 14.7. The minimum Gasteiger partial charge on any atom is -0.314 e. The molecular weight excluding hydrogens is 244 g/mol. The van der Waals surface area contributed by atoms with Crippen LogP contribution in [0, 0.1) is 0 Å². The molecule has 0 aliphatic carbocycles. The molecule has 1 heterocycles. The van der Waals surface area contributed by atoms with E-state index in [1.54, 1.807) is 0 Å². The number of benzene rings is 1. The van der Waals surface area contributed by atoms with Crippen molar-refractivity contribution in [2.75, 3.05) is 6.54 Å². The van der Waals surface area contributed by atoms with Crippen LogP contribution in [0.4, 0.5) is 0 Å². The lowest BCUT2D eigenvalue weighted by molar-refractivity contribution is 0.474. The van der Waals surface area contributed by atoms with E-state index in [0.29, 0.717) is 6.04 Å². The van der Waals surface area contributed by atoms with Gasteiger partial charge in [0.15, 0.2) is 0 Å². The second kappa shape index (κ2) is 8.49. The number of hydrogen-bond donors (Lipinski definition) is 1. The van der Waals surface area contributed by atoms with E-state index in [1.807, 2.05) is 12.3 Å². The van der Waals surface area contributed by atoms with Crippen LogP contribution in [-0.2, 0) is 12.8 Å². The summed E-state index contributed by atoms with van der Waals surface area (Å²) in [6.07, 6.45) is 6.33. The smallest absolute Gasteiger partial charge is 0.0419 e. The van der Waals surface area contributed by atoms with Gasteiger partial charge in [-0.1, -0.05) is 43.3 Å². The third kappa shape index (κ3) is 5.14. The van der Waals surface area contributed by atoms with E-state index in [9.17, 15) is 0 Å². The van der Waals surface area contributed by atoms with Crippen LogP contribution in [0.25, 0.3) is 0 Å². The van der Waals surface area contributed by atoms with Gasteiger partial charge in [-0.2, -0.15) is 0 Å². The third-order valence-electron chi connectivity index (χ3n) is 3.49. The molecule has 0 aliphatic rings. The number of aromatic nitrogens is 1. The lowest BCUT2D eigenvalue weighted by Crippen LogP contribution is -2.32. The maximum atomic E-state index is 4.44. The molecule has 1 aromatic heterocycles. The van der Waals surface area contributed by atoms with E-state index in [4.69, 9.17) is 0 Å². The van der Waals surface area contributed by atoms with Gasteiger partial charge in [0.25, 0.3) is 0 Å². The summed E-state index contributed by atoms with van der Waals surface area (Å²) in [5.74, 6) is 0. The highest BCUT2D eigenvalue weighted by molar-refractivity contribution is 5.15. The summed E-state index contributed by atoms with van der Waals surface area (Å²) >= 11 is 0. The van der Waals surface area contributed by atoms with Crippen molar-refractivity contribution in [1.82, 2.24) is 10.3 Å². The van der Waals surface area contributed by atoms with Gasteiger partial charge in [0, 0.05) is 24.4 Å². The van der Waals surface area contributed by atoms with Crippen molar-refractivity contribution in [3.05, 3.63) is 66.0 Å². The Hall–Kier alpha value is -1.67. The molecular formula is C18H24N2. The van der Waals surface area contributed by atoms with E-state index >= 15 is 0 Å². The number of nitrogens with zero attached hydrogens (tertiary/aromatic N) is 1. The largest absolute Gasteiger partial charge is 0.314 e. The number of nitrogens with one attached hydrogen (secondary N) is 1. The van der Waals surface area contributed by atoms with Crippen LogP contribution in [0.5, 0.6) is 0 Å². The predicted octanol–water partition coefficient (Wildman–Crippen LogP) is 3.63. The number of pyridine rings is 1. The first-order chi connectivity index (χ1) is 9.88. The van der Waals surface area contributed by atoms with Crippen molar-refractivity contribution in [2.24, 2.45) is 0 Å². The quantitative estimate of drug-likeness (QED) is 0.791. The van der Waals surface area contributed by atoms with Crippen molar-refractivity contribution in [3.8, 4) is 0 Å². The van der Waals surface area contributed by atoms with E-state index < -0.39 is 0 Å². The van der Waals surface area contributed by atoms with Crippen molar-refractivity contribution >= 4 is 0 Å². The summed E-state index contributed by atoms with van der Waals surface area (Å²) in [5.41, 5.74) is 2.59. The second-order valence-electron chi connectivity index (χ2n) is 5.20. The average molecular weight is 268 g/mol. The molecule has 1 unspecified atom stereocenters. The molecule has 1 aromatic carbocycles. The summed E-state index contributed by atoms with van der Waals surface area (Å²) in [7, 11) is 0. The average Bonchev–Trinajstić information content (AvgIpc) is 2.52. The highest BCUT2D eigenvalue weighted by Crippen LogP contribution is 2.09. The van der Waals surface area contributed by atoms with Gasteiger partial charge in [0.1, 0.15) is 0 Å². The predicted molar refractivity (Wildman–Crippen MR) is 84.8 cm³/mol. The Balaban J connectivity index is 1.89. The van der Waals surface area contributed by atoms with Gasteiger partial charge in [-0.05, 0) is 43.5 Å². The monoisotopic (exact) mass is 268 g/mol. The van der Waals surface area contributed by atoms with Crippen LogP contribution in [0.2, 0.25) is 0 Å². The molecule has 0 saturated heterocycles. The minimum atomic E-state index is 0.505. The van der Waals surface area contributed by atoms with Crippen molar-refractivity contribution < 1.29 is 0 Å². The molecule has 0 radical (unpaired) electrons. The Kier molecular flexibility index (Phi) is 6.25. The van der Waals surface area contributed by atoms with Crippen molar-refractivity contribution in [1.29, 1.82) is 0 Å². The normalized spacial score (nSPS) is 12.2. The molecule has 1 atom stereocenters. The fourth-order valence-corrected chi connectivity index (χ4v) is 2.38. The van der Waals surface area contributed by atoms with Crippen LogP contribution in [0.3, 0.4) is 0 Å². The molecule has 0 amide bonds. The van der Waals surface area contributed by atoms with Crippen molar-refractivity contribution in [2.45, 2.75) is 38.6 Å². The van der Waals surface area contributed by atoms with Gasteiger partial charge in [0.05, 0.1) is 0 Å². The van der Waals surface area contributed by atoms with Gasteiger partial charge in [-0.15, -0.1) is 0 Å². The zero-order chi connectivity index (χ0) is 14.0. The SMILES string of the molecule is CCCNC(CCc1ccccc1)Cc1ccccn1. The van der Waals surface area contributed by atoms with E-state index in [1.165, 1.54) is 17.7 Å². The Morgan fingerprint density at radius 1 is 1.05 bits per heavy atom. The zero-order valence-corrected chi connectivity index (χ0v) is 12.3. The molecule has 20 heavy (non-hydrogen) atoms. The first-order valence-corrected chi connectivity index (χ1v) is 7.55. The molecule has 0 aliphatic heterocycles. The lowest BCUT2D eigenvalue weighted by Gasteiger charge is -2.18. The second-order valence-corrected chi connectivity index (χ2v) is 5.20. The Morgan fingerprint density at radius 3 is 2.55 bits per heavy atom. The standard InChI is InChI=1S/C18H24N2/c1-2-13-19-18(15-17-10-6-7-14-20-17)12-11-16-8-4-3-5-9-16/h3-10,14,18-19H,2,11-13,15H2,1H3. The maximum Gasteiger partial charge on any atom is 0.0419 e. The number of hydrogen-bond acceptors (Lipinski definition) is 2. The van der Waals surface area contributed by atoms with Gasteiger partial charge < -0.3 is 5.32 Å². The highest BCUT2D eigenvalue weighted by atomic mass is 14.9. The summed E-state index contributed by atoms with van der Waals surface area (Å²) in [4.78, 5) is 4.44. The molecule has 2 nitrogen and oxygen atoms in total. The summed E-state index contributed by atoms with van der Waals surface area (Å²) in [5, 5.41) is 3.65. The summed E-state index contributed by atoms with van der Waals surface area (Å²) in [6.45, 7) is 3.29. The Morgan fingerprint density at radius 2 is 1.85 bits per heavy atom. The highest BCUT2D eigenvalue weighted by Gasteiger charge is 2.09. The van der Waals surface area contributed by atoms with Crippen LogP contribution < -0.4 is 5.32 Å². The minimum absolute atomic E-state index is 0.505. The third-order valence-corrected chi connectivity index (χ3v) is 3.49. The molecule has 0 fully saturated rings. The zero-order valence-electron chi connectivity index (χ0n) is 12.3. The van der Waals surface area contributed by atoms with E-state index in [-0.39, 0.29) is 0 Å². The number of aryl methyl sites for hydroxylation is 1.